The zero-order valence-corrected chi connectivity index (χ0v) is 12.9. The Balaban J connectivity index is 2.06. The highest BCUT2D eigenvalue weighted by atomic mass is 15.3. The van der Waals surface area contributed by atoms with E-state index in [9.17, 15) is 0 Å². The van der Waals surface area contributed by atoms with Crippen molar-refractivity contribution in [2.24, 2.45) is 5.84 Å². The molecule has 0 aromatic carbocycles. The number of hydrogen-bond acceptors (Lipinski definition) is 5. The monoisotopic (exact) mass is 280 g/mol. The molecular weight excluding hydrogens is 252 g/mol. The maximum atomic E-state index is 5.79. The molecule has 6 nitrogen and oxygen atoms in total. The van der Waals surface area contributed by atoms with Gasteiger partial charge in [-0.05, 0) is 26.9 Å². The summed E-state index contributed by atoms with van der Waals surface area (Å²) in [6.45, 7) is 6.51. The molecule has 0 spiro atoms. The number of likely N-dealkylation sites (N-methyl/N-ethyl adjacent to an activating group) is 2. The molecule has 1 saturated heterocycles. The van der Waals surface area contributed by atoms with Gasteiger partial charge in [-0.2, -0.15) is 0 Å². The van der Waals surface area contributed by atoms with Gasteiger partial charge in [0.15, 0.2) is 0 Å². The van der Waals surface area contributed by atoms with Gasteiger partial charge in [0, 0.05) is 44.6 Å². The van der Waals surface area contributed by atoms with Gasteiger partial charge >= 0.3 is 0 Å². The second-order valence-corrected chi connectivity index (χ2v) is 5.83. The summed E-state index contributed by atoms with van der Waals surface area (Å²) in [6.07, 6.45) is 6.00. The van der Waals surface area contributed by atoms with Gasteiger partial charge in [0.1, 0.15) is 5.82 Å². The van der Waals surface area contributed by atoms with E-state index in [1.54, 1.807) is 0 Å². The number of imidazole rings is 1. The Morgan fingerprint density at radius 2 is 2.25 bits per heavy atom. The standard InChI is InChI=1S/C14H28N6/c1-4-6-20-7-5-16-14(20)13(17-15)10-12-11-18(2)8-9-19(12)3/h5,7,12-13,17H,4,6,8-11,15H2,1-3H3. The summed E-state index contributed by atoms with van der Waals surface area (Å²) in [7, 11) is 4.38. The molecular formula is C14H28N6. The van der Waals surface area contributed by atoms with Gasteiger partial charge in [-0.25, -0.2) is 10.4 Å². The number of nitrogens with zero attached hydrogens (tertiary/aromatic N) is 4. The first kappa shape index (κ1) is 15.4. The third-order valence-corrected chi connectivity index (χ3v) is 4.21. The maximum Gasteiger partial charge on any atom is 0.127 e. The SMILES string of the molecule is CCCn1ccnc1C(CC1CN(C)CCN1C)NN. The Morgan fingerprint density at radius 3 is 2.95 bits per heavy atom. The second-order valence-electron chi connectivity index (χ2n) is 5.83. The minimum atomic E-state index is 0.107. The van der Waals surface area contributed by atoms with E-state index >= 15 is 0 Å². The molecule has 0 radical (unpaired) electrons. The molecule has 0 bridgehead atoms. The lowest BCUT2D eigenvalue weighted by Crippen LogP contribution is -2.51. The fraction of sp³-hybridized carbons (Fsp3) is 0.786. The van der Waals surface area contributed by atoms with Gasteiger partial charge in [-0.3, -0.25) is 5.84 Å². The molecule has 1 aliphatic heterocycles. The van der Waals surface area contributed by atoms with Crippen LogP contribution < -0.4 is 11.3 Å². The first-order chi connectivity index (χ1) is 9.65. The predicted molar refractivity (Wildman–Crippen MR) is 81.1 cm³/mol. The van der Waals surface area contributed by atoms with Crippen molar-refractivity contribution in [2.45, 2.75) is 38.4 Å². The number of nitrogens with two attached hydrogens (primary N) is 1. The Hall–Kier alpha value is -0.950. The van der Waals surface area contributed by atoms with Crippen molar-refractivity contribution < 1.29 is 0 Å². The number of aryl methyl sites for hydroxylation is 1. The van der Waals surface area contributed by atoms with Gasteiger partial charge in [0.25, 0.3) is 0 Å². The Bertz CT molecular complexity index is 404. The predicted octanol–water partition coefficient (Wildman–Crippen LogP) is 0.433. The zero-order valence-electron chi connectivity index (χ0n) is 12.9. The molecule has 2 atom stereocenters. The highest BCUT2D eigenvalue weighted by Crippen LogP contribution is 2.21. The van der Waals surface area contributed by atoms with Crippen LogP contribution in [0.25, 0.3) is 0 Å². The van der Waals surface area contributed by atoms with Crippen LogP contribution in [0.2, 0.25) is 0 Å². The highest BCUT2D eigenvalue weighted by molar-refractivity contribution is 5.01. The van der Waals surface area contributed by atoms with Crippen LogP contribution in [0.1, 0.15) is 31.6 Å². The van der Waals surface area contributed by atoms with Crippen LogP contribution >= 0.6 is 0 Å². The third-order valence-electron chi connectivity index (χ3n) is 4.21. The highest BCUT2D eigenvalue weighted by Gasteiger charge is 2.27. The van der Waals surface area contributed by atoms with Crippen molar-refractivity contribution in [3.8, 4) is 0 Å². The molecule has 20 heavy (non-hydrogen) atoms. The van der Waals surface area contributed by atoms with E-state index in [0.29, 0.717) is 6.04 Å². The number of piperazine rings is 1. The summed E-state index contributed by atoms with van der Waals surface area (Å²) in [5, 5.41) is 0. The lowest BCUT2D eigenvalue weighted by molar-refractivity contribution is 0.0998. The molecule has 114 valence electrons. The number of aromatic nitrogens is 2. The Morgan fingerprint density at radius 1 is 1.45 bits per heavy atom. The fourth-order valence-corrected chi connectivity index (χ4v) is 2.94. The largest absolute Gasteiger partial charge is 0.334 e. The molecule has 2 unspecified atom stereocenters. The lowest BCUT2D eigenvalue weighted by atomic mass is 10.0. The Kier molecular flexibility index (Phi) is 5.54. The van der Waals surface area contributed by atoms with E-state index in [2.05, 4.69) is 45.8 Å². The van der Waals surface area contributed by atoms with E-state index in [4.69, 9.17) is 5.84 Å². The summed E-state index contributed by atoms with van der Waals surface area (Å²) in [6, 6.07) is 0.622. The van der Waals surface area contributed by atoms with Crippen LogP contribution in [0.15, 0.2) is 12.4 Å². The van der Waals surface area contributed by atoms with Crippen LogP contribution in [0.3, 0.4) is 0 Å². The first-order valence-electron chi connectivity index (χ1n) is 7.51. The minimum absolute atomic E-state index is 0.107. The van der Waals surface area contributed by atoms with Crippen molar-refractivity contribution in [1.82, 2.24) is 24.8 Å². The number of nitrogens with one attached hydrogen (secondary N) is 1. The maximum absolute atomic E-state index is 5.79. The number of rotatable bonds is 6. The normalized spacial score (nSPS) is 23.1. The average molecular weight is 280 g/mol. The summed E-state index contributed by atoms with van der Waals surface area (Å²) >= 11 is 0. The molecule has 0 aliphatic carbocycles. The Labute approximate surface area is 121 Å². The van der Waals surface area contributed by atoms with Gasteiger partial charge in [0.2, 0.25) is 0 Å². The molecule has 2 rings (SSSR count). The van der Waals surface area contributed by atoms with E-state index in [1.807, 2.05) is 12.4 Å². The molecule has 3 N–H and O–H groups in total. The van der Waals surface area contributed by atoms with Crippen LogP contribution in [-0.4, -0.2) is 59.1 Å². The first-order valence-corrected chi connectivity index (χ1v) is 7.51. The van der Waals surface area contributed by atoms with Gasteiger partial charge in [0.05, 0.1) is 6.04 Å². The smallest absolute Gasteiger partial charge is 0.127 e. The molecule has 0 saturated carbocycles. The van der Waals surface area contributed by atoms with Crippen LogP contribution in [0.5, 0.6) is 0 Å². The van der Waals surface area contributed by atoms with Gasteiger partial charge in [-0.1, -0.05) is 6.92 Å². The topological polar surface area (TPSA) is 62.4 Å². The van der Waals surface area contributed by atoms with Crippen LogP contribution in [0, 0.1) is 0 Å². The summed E-state index contributed by atoms with van der Waals surface area (Å²) in [4.78, 5) is 9.32. The van der Waals surface area contributed by atoms with Crippen molar-refractivity contribution in [1.29, 1.82) is 0 Å². The van der Waals surface area contributed by atoms with Crippen molar-refractivity contribution >= 4 is 0 Å². The van der Waals surface area contributed by atoms with E-state index in [1.165, 1.54) is 0 Å². The van der Waals surface area contributed by atoms with E-state index < -0.39 is 0 Å². The second kappa shape index (κ2) is 7.17. The molecule has 1 aromatic rings. The third kappa shape index (κ3) is 3.58. The van der Waals surface area contributed by atoms with Crippen LogP contribution in [-0.2, 0) is 6.54 Å². The van der Waals surface area contributed by atoms with Gasteiger partial charge in [-0.15, -0.1) is 0 Å². The van der Waals surface area contributed by atoms with Crippen LogP contribution in [0.4, 0.5) is 0 Å². The van der Waals surface area contributed by atoms with E-state index in [0.717, 1.165) is 44.8 Å². The lowest BCUT2D eigenvalue weighted by Gasteiger charge is -2.39. The number of hydrazine groups is 1. The quantitative estimate of drug-likeness (QED) is 0.584. The summed E-state index contributed by atoms with van der Waals surface area (Å²) in [5.74, 6) is 6.84. The fourth-order valence-electron chi connectivity index (χ4n) is 2.94. The molecule has 2 heterocycles. The molecule has 1 aromatic heterocycles. The zero-order chi connectivity index (χ0) is 14.5. The summed E-state index contributed by atoms with van der Waals surface area (Å²) < 4.78 is 2.21. The molecule has 0 amide bonds. The average Bonchev–Trinajstić information content (AvgIpc) is 2.88. The summed E-state index contributed by atoms with van der Waals surface area (Å²) in [5.41, 5.74) is 2.96. The van der Waals surface area contributed by atoms with Crippen molar-refractivity contribution in [3.05, 3.63) is 18.2 Å². The molecule has 1 fully saturated rings. The number of hydrogen-bond donors (Lipinski definition) is 2. The minimum Gasteiger partial charge on any atom is -0.334 e. The van der Waals surface area contributed by atoms with Crippen molar-refractivity contribution in [2.75, 3.05) is 33.7 Å². The van der Waals surface area contributed by atoms with Crippen molar-refractivity contribution in [3.63, 3.8) is 0 Å². The van der Waals surface area contributed by atoms with Gasteiger partial charge < -0.3 is 14.4 Å². The molecule has 6 heteroatoms. The molecule has 1 aliphatic rings. The van der Waals surface area contributed by atoms with E-state index in [-0.39, 0.29) is 6.04 Å².